The second-order valence-corrected chi connectivity index (χ2v) is 21.6. The van der Waals surface area contributed by atoms with E-state index in [0.29, 0.717) is 31.7 Å². The van der Waals surface area contributed by atoms with Gasteiger partial charge in [-0.3, -0.25) is 23.5 Å². The molecule has 0 fully saturated rings. The third-order valence-electron chi connectivity index (χ3n) is 12.3. The number of aliphatic carboxylic acids is 1. The van der Waals surface area contributed by atoms with Crippen LogP contribution in [0.25, 0.3) is 30.4 Å². The van der Waals surface area contributed by atoms with Gasteiger partial charge in [-0.15, -0.1) is 9.59 Å². The fourth-order valence-corrected chi connectivity index (χ4v) is 10.8. The highest BCUT2D eigenvalue weighted by Crippen LogP contribution is 2.35. The normalized spacial score (nSPS) is 12.6. The van der Waals surface area contributed by atoms with Crippen molar-refractivity contribution in [3.63, 3.8) is 0 Å². The van der Waals surface area contributed by atoms with E-state index in [0.717, 1.165) is 43.9 Å². The summed E-state index contributed by atoms with van der Waals surface area (Å²) in [6.45, 7) is 15.8. The maximum atomic E-state index is 14.1. The average molecular weight is 1110 g/mol. The molecule has 0 bridgehead atoms. The number of fused-ring (bicyclic) bond motifs is 2. The monoisotopic (exact) mass is 1110 g/mol. The van der Waals surface area contributed by atoms with Crippen LogP contribution in [0.1, 0.15) is 96.3 Å². The number of carbonyl (C=O) groups is 2. The van der Waals surface area contributed by atoms with Crippen molar-refractivity contribution in [3.8, 4) is 21.5 Å². The first kappa shape index (κ1) is 58.7. The smallest absolute Gasteiger partial charge is 0.333 e. The van der Waals surface area contributed by atoms with Crippen molar-refractivity contribution in [2.24, 2.45) is 11.7 Å². The van der Waals surface area contributed by atoms with Gasteiger partial charge < -0.3 is 30.5 Å². The van der Waals surface area contributed by atoms with Crippen molar-refractivity contribution < 1.29 is 43.2 Å². The van der Waals surface area contributed by atoms with E-state index in [4.69, 9.17) is 15.2 Å². The number of carboxylic acids is 1. The Morgan fingerprint density at radius 3 is 1.34 bits per heavy atom. The molecule has 8 rings (SSSR count). The number of nitrogens with zero attached hydrogens (tertiary/aromatic N) is 10. The molecule has 0 amide bonds. The molecule has 0 saturated heterocycles. The average Bonchev–Trinajstić information content (AvgIpc) is 4.33. The van der Waals surface area contributed by atoms with Gasteiger partial charge in [0.15, 0.2) is 5.78 Å². The van der Waals surface area contributed by atoms with Crippen molar-refractivity contribution >= 4 is 54.9 Å². The number of hydrogen-bond acceptors (Lipinski definition) is 17. The van der Waals surface area contributed by atoms with Crippen molar-refractivity contribution in [2.45, 2.75) is 118 Å². The maximum Gasteiger partial charge on any atom is 0.333 e. The van der Waals surface area contributed by atoms with Crippen LogP contribution < -0.4 is 37.7 Å². The van der Waals surface area contributed by atoms with Crippen molar-refractivity contribution in [3.05, 3.63) is 137 Å². The van der Waals surface area contributed by atoms with Crippen LogP contribution in [0.2, 0.25) is 0 Å². The number of benzene rings is 2. The number of ketones is 1. The van der Waals surface area contributed by atoms with Crippen LogP contribution in [0, 0.1) is 31.4 Å². The molecule has 5 N–H and O–H groups in total. The first-order valence-corrected chi connectivity index (χ1v) is 25.6. The van der Waals surface area contributed by atoms with Crippen LogP contribution in [0.5, 0.6) is 11.5 Å². The van der Waals surface area contributed by atoms with Gasteiger partial charge in [-0.1, -0.05) is 50.4 Å². The predicted octanol–water partition coefficient (Wildman–Crippen LogP) is 5.51. The van der Waals surface area contributed by atoms with Crippen LogP contribution in [0.3, 0.4) is 0 Å². The van der Waals surface area contributed by atoms with Gasteiger partial charge in [-0.2, -0.15) is 20.4 Å². The van der Waals surface area contributed by atoms with Crippen LogP contribution in [-0.4, -0.2) is 95.6 Å². The topological polar surface area (TPSA) is 289 Å². The number of nitrogens with two attached hydrogens (primary N) is 1. The minimum Gasteiger partial charge on any atom is -0.496 e. The number of aliphatic hydroxyl groups is 2. The molecule has 2 atom stereocenters. The minimum atomic E-state index is -1.90. The molecule has 0 saturated carbocycles. The molecule has 0 aliphatic carbocycles. The summed E-state index contributed by atoms with van der Waals surface area (Å²) in [4.78, 5) is 83.2. The number of aromatic nitrogens is 10. The number of Topliss-reactive ketones (excluding diaryl/α,β-unsaturated/α-hetero) is 1. The molecule has 77 heavy (non-hydrogen) atoms. The number of hydrogen-bond donors (Lipinski definition) is 4. The number of halogens is 2. The van der Waals surface area contributed by atoms with Crippen LogP contribution in [0.15, 0.2) is 80.4 Å². The number of carbonyl (C=O) groups excluding carboxylic acids is 1. The molecule has 22 nitrogen and oxygen atoms in total. The molecule has 0 aliphatic heterocycles. The Balaban J connectivity index is 0.000000234. The summed E-state index contributed by atoms with van der Waals surface area (Å²) in [6.07, 6.45) is 3.26. The van der Waals surface area contributed by atoms with Crippen LogP contribution in [-0.2, 0) is 33.8 Å². The van der Waals surface area contributed by atoms with Gasteiger partial charge in [-0.05, 0) is 89.9 Å². The summed E-state index contributed by atoms with van der Waals surface area (Å²) < 4.78 is 42.5. The standard InChI is InChI=1S/C26H30FN5O5S.C22H22FN5O6S.C3H9N/c1-14(2)11-20(34)26(4,5)31-22(35)21-15(3)23(32-28-9-10-29-32)38-24(21)30(25(31)36)13-18(33)17-12-16(27)7-8-19(17)37-6;1-11-16-17(30)27(22(2,3)20(31)32)21(33)26(19(16)35-18(11)28-24-7-8-25-28)10-14(29)13-9-12(23)5-6-15(13)34-4;1-3(2)4/h7-10,12,14,18,33H,11,13H2,1-6H3;5-9,14,29H,10H2,1-4H3,(H,31,32);3H,4H2,1-2H3/t18-;14-;/m00./s1. The quantitative estimate of drug-likeness (QED) is 0.0927. The van der Waals surface area contributed by atoms with Crippen molar-refractivity contribution in [1.29, 1.82) is 0 Å². The van der Waals surface area contributed by atoms with Gasteiger partial charge in [0.1, 0.15) is 66.1 Å². The molecule has 412 valence electrons. The zero-order chi connectivity index (χ0) is 57.2. The number of ether oxygens (including phenoxy) is 2. The van der Waals surface area contributed by atoms with Crippen molar-refractivity contribution in [1.82, 2.24) is 48.3 Å². The van der Waals surface area contributed by atoms with Gasteiger partial charge in [0.2, 0.25) is 0 Å². The van der Waals surface area contributed by atoms with E-state index in [1.165, 1.54) is 91.3 Å². The van der Waals surface area contributed by atoms with E-state index in [9.17, 15) is 52.9 Å². The summed E-state index contributed by atoms with van der Waals surface area (Å²) in [5.41, 5.74) is -0.171. The third kappa shape index (κ3) is 11.8. The largest absolute Gasteiger partial charge is 0.496 e. The highest BCUT2D eigenvalue weighted by molar-refractivity contribution is 7.21. The summed E-state index contributed by atoms with van der Waals surface area (Å²) >= 11 is 2.15. The Kier molecular flexibility index (Phi) is 17.8. The SMILES string of the molecule is CC(C)N.COc1ccc(F)cc1[C@@H](O)Cn1c(=O)n(C(C)(C)C(=O)CC(C)C)c(=O)c2c(C)c(-n3nccn3)sc21.COc1ccc(F)cc1[C@@H](O)Cn1c(=O)n(C(C)(C)C(=O)O)c(=O)c2c(C)c(-n3nccn3)sc21. The highest BCUT2D eigenvalue weighted by atomic mass is 32.1. The molecule has 6 heterocycles. The number of rotatable bonds is 16. The van der Waals surface area contributed by atoms with E-state index in [1.807, 2.05) is 27.7 Å². The summed E-state index contributed by atoms with van der Waals surface area (Å²) in [5, 5.41) is 49.6. The van der Waals surface area contributed by atoms with E-state index in [2.05, 4.69) is 20.4 Å². The lowest BCUT2D eigenvalue weighted by molar-refractivity contribution is -0.146. The molecule has 6 aromatic heterocycles. The Bertz CT molecular complexity index is 3700. The minimum absolute atomic E-state index is 0.0195. The zero-order valence-electron chi connectivity index (χ0n) is 44.4. The second kappa shape index (κ2) is 23.4. The Labute approximate surface area is 446 Å². The summed E-state index contributed by atoms with van der Waals surface area (Å²) in [5.74, 6) is -2.40. The molecule has 2 aromatic carbocycles. The van der Waals surface area contributed by atoms with E-state index in [-0.39, 0.29) is 67.7 Å². The number of aliphatic hydroxyl groups excluding tert-OH is 2. The number of carboxylic acid groups (broad SMARTS) is 1. The molecule has 0 spiro atoms. The van der Waals surface area contributed by atoms with E-state index >= 15 is 0 Å². The Hall–Kier alpha value is -7.52. The molecule has 0 aliphatic rings. The fraction of sp³-hybridized carbons (Fsp3) is 0.412. The van der Waals surface area contributed by atoms with Crippen LogP contribution in [0.4, 0.5) is 8.78 Å². The number of aryl methyl sites for hydroxylation is 2. The molecule has 8 aromatic rings. The van der Waals surface area contributed by atoms with E-state index in [1.54, 1.807) is 27.7 Å². The number of methoxy groups -OCH3 is 2. The van der Waals surface area contributed by atoms with Crippen molar-refractivity contribution in [2.75, 3.05) is 14.2 Å². The van der Waals surface area contributed by atoms with Gasteiger partial charge in [0.25, 0.3) is 11.1 Å². The molecular formula is C51H61F2N11O11S2. The van der Waals surface area contributed by atoms with Gasteiger partial charge >= 0.3 is 17.3 Å². The molecular weight excluding hydrogens is 1040 g/mol. The lowest BCUT2D eigenvalue weighted by Crippen LogP contribution is -2.53. The summed E-state index contributed by atoms with van der Waals surface area (Å²) in [7, 11) is 2.75. The summed E-state index contributed by atoms with van der Waals surface area (Å²) in [6, 6.07) is 7.66. The predicted molar refractivity (Wildman–Crippen MR) is 286 cm³/mol. The highest BCUT2D eigenvalue weighted by Gasteiger charge is 2.38. The Morgan fingerprint density at radius 1 is 0.662 bits per heavy atom. The first-order chi connectivity index (χ1) is 36.1. The fourth-order valence-electron chi connectivity index (χ4n) is 8.31. The van der Waals surface area contributed by atoms with Gasteiger partial charge in [0.05, 0.1) is 62.9 Å². The lowest BCUT2D eigenvalue weighted by Gasteiger charge is -2.27. The molecule has 0 unspecified atom stereocenters. The number of thiophene rings is 2. The first-order valence-electron chi connectivity index (χ1n) is 24.0. The second-order valence-electron chi connectivity index (χ2n) is 19.6. The Morgan fingerprint density at radius 2 is 1.01 bits per heavy atom. The molecule has 26 heteroatoms. The third-order valence-corrected chi connectivity index (χ3v) is 14.9. The van der Waals surface area contributed by atoms with Gasteiger partial charge in [0, 0.05) is 28.7 Å². The lowest BCUT2D eigenvalue weighted by atomic mass is 9.91. The zero-order valence-corrected chi connectivity index (χ0v) is 46.1. The van der Waals surface area contributed by atoms with E-state index < -0.39 is 69.9 Å². The maximum absolute atomic E-state index is 14.1. The van der Waals surface area contributed by atoms with Gasteiger partial charge in [-0.25, -0.2) is 32.3 Å². The molecule has 0 radical (unpaired) electrons. The van der Waals surface area contributed by atoms with Crippen LogP contribution >= 0.6 is 22.7 Å².